The molecule has 21 heavy (non-hydrogen) atoms. The number of hydrogen-bond acceptors (Lipinski definition) is 6. The molecule has 1 N–H and O–H groups in total. The number of aromatic nitrogens is 1. The molecule has 2 aromatic heterocycles. The van der Waals surface area contributed by atoms with E-state index in [1.165, 1.54) is 17.4 Å². The number of nitrogens with zero attached hydrogens (tertiary/aromatic N) is 3. The monoisotopic (exact) mass is 307 g/mol. The van der Waals surface area contributed by atoms with Crippen molar-refractivity contribution < 1.29 is 10.0 Å². The summed E-state index contributed by atoms with van der Waals surface area (Å²) in [4.78, 5) is 17.5. The van der Waals surface area contributed by atoms with E-state index in [0.29, 0.717) is 16.4 Å². The van der Waals surface area contributed by atoms with Crippen molar-refractivity contribution in [3.8, 4) is 0 Å². The van der Waals surface area contributed by atoms with Crippen LogP contribution in [0.3, 0.4) is 0 Å². The van der Waals surface area contributed by atoms with Crippen LogP contribution in [-0.4, -0.2) is 22.1 Å². The highest BCUT2D eigenvalue weighted by atomic mass is 32.1. The van der Waals surface area contributed by atoms with Gasteiger partial charge in [0.2, 0.25) is 0 Å². The Morgan fingerprint density at radius 3 is 2.81 bits per heavy atom. The third kappa shape index (κ3) is 3.56. The van der Waals surface area contributed by atoms with Crippen molar-refractivity contribution in [1.29, 1.82) is 0 Å². The highest BCUT2D eigenvalue weighted by molar-refractivity contribution is 7.16. The standard InChI is InChI=1S/C14H17N3O3S/c1-9-5-4-6-11(15-9)8-16(3)14-12(17(19)20)7-13(21-14)10(2)18/h4-7,10,18H,8H2,1-3H3/t10-/m1/s1. The maximum Gasteiger partial charge on any atom is 0.304 e. The number of thiophene rings is 1. The van der Waals surface area contributed by atoms with Gasteiger partial charge in [-0.15, -0.1) is 11.3 Å². The maximum atomic E-state index is 11.2. The van der Waals surface area contributed by atoms with Crippen molar-refractivity contribution in [2.24, 2.45) is 0 Å². The summed E-state index contributed by atoms with van der Waals surface area (Å²) in [5.41, 5.74) is 1.77. The second-order valence-corrected chi connectivity index (χ2v) is 5.96. The van der Waals surface area contributed by atoms with E-state index in [1.54, 1.807) is 18.9 Å². The van der Waals surface area contributed by atoms with Crippen LogP contribution in [0.5, 0.6) is 0 Å². The lowest BCUT2D eigenvalue weighted by molar-refractivity contribution is -0.383. The number of aliphatic hydroxyl groups excluding tert-OH is 1. The average Bonchev–Trinajstić information content (AvgIpc) is 2.84. The van der Waals surface area contributed by atoms with Crippen molar-refractivity contribution in [3.05, 3.63) is 50.6 Å². The zero-order valence-electron chi connectivity index (χ0n) is 12.1. The van der Waals surface area contributed by atoms with Crippen LogP contribution >= 0.6 is 11.3 Å². The first-order valence-corrected chi connectivity index (χ1v) is 7.30. The fourth-order valence-electron chi connectivity index (χ4n) is 2.00. The molecule has 7 heteroatoms. The fourth-order valence-corrected chi connectivity index (χ4v) is 3.03. The average molecular weight is 307 g/mol. The van der Waals surface area contributed by atoms with Crippen molar-refractivity contribution in [3.63, 3.8) is 0 Å². The van der Waals surface area contributed by atoms with Crippen LogP contribution < -0.4 is 4.90 Å². The molecule has 0 aliphatic rings. The minimum absolute atomic E-state index is 0.0195. The van der Waals surface area contributed by atoms with Crippen LogP contribution in [0.25, 0.3) is 0 Å². The summed E-state index contributed by atoms with van der Waals surface area (Å²) in [6.07, 6.45) is -0.715. The molecule has 2 heterocycles. The summed E-state index contributed by atoms with van der Waals surface area (Å²) in [7, 11) is 1.79. The molecular formula is C14H17N3O3S. The van der Waals surface area contributed by atoms with Crippen molar-refractivity contribution in [1.82, 2.24) is 4.98 Å². The first-order chi connectivity index (χ1) is 9.88. The Morgan fingerprint density at radius 1 is 1.52 bits per heavy atom. The van der Waals surface area contributed by atoms with E-state index < -0.39 is 11.0 Å². The molecule has 2 rings (SSSR count). The molecule has 1 atom stereocenters. The SMILES string of the molecule is Cc1cccc(CN(C)c2sc([C@@H](C)O)cc2[N+](=O)[O-])n1. The predicted molar refractivity (Wildman–Crippen MR) is 82.7 cm³/mol. The van der Waals surface area contributed by atoms with Gasteiger partial charge in [0.1, 0.15) is 0 Å². The molecule has 0 unspecified atom stereocenters. The van der Waals surface area contributed by atoms with Crippen LogP contribution in [0.2, 0.25) is 0 Å². The molecule has 0 saturated carbocycles. The number of anilines is 1. The van der Waals surface area contributed by atoms with E-state index in [2.05, 4.69) is 4.98 Å². The molecule has 6 nitrogen and oxygen atoms in total. The van der Waals surface area contributed by atoms with Gasteiger partial charge < -0.3 is 10.0 Å². The Hall–Kier alpha value is -1.99. The Bertz CT molecular complexity index is 655. The Balaban J connectivity index is 2.29. The van der Waals surface area contributed by atoms with Crippen molar-refractivity contribution in [2.45, 2.75) is 26.5 Å². The van der Waals surface area contributed by atoms with Crippen molar-refractivity contribution in [2.75, 3.05) is 11.9 Å². The molecule has 0 bridgehead atoms. The Labute approximate surface area is 126 Å². The largest absolute Gasteiger partial charge is 0.388 e. The van der Waals surface area contributed by atoms with Gasteiger partial charge in [-0.2, -0.15) is 0 Å². The third-order valence-corrected chi connectivity index (χ3v) is 4.42. The van der Waals surface area contributed by atoms with Crippen LogP contribution in [0.15, 0.2) is 24.3 Å². The minimum atomic E-state index is -0.715. The molecular weight excluding hydrogens is 290 g/mol. The van der Waals surface area contributed by atoms with Crippen LogP contribution in [0, 0.1) is 17.0 Å². The molecule has 0 saturated heterocycles. The highest BCUT2D eigenvalue weighted by Gasteiger charge is 2.24. The van der Waals surface area contributed by atoms with Gasteiger partial charge in [0.05, 0.1) is 23.3 Å². The highest BCUT2D eigenvalue weighted by Crippen LogP contribution is 2.39. The molecule has 0 fully saturated rings. The van der Waals surface area contributed by atoms with Crippen LogP contribution in [-0.2, 0) is 6.54 Å². The third-order valence-electron chi connectivity index (χ3n) is 3.01. The maximum absolute atomic E-state index is 11.2. The molecule has 2 aromatic rings. The number of hydrogen-bond donors (Lipinski definition) is 1. The summed E-state index contributed by atoms with van der Waals surface area (Å²) in [6, 6.07) is 7.14. The van der Waals surface area contributed by atoms with E-state index >= 15 is 0 Å². The molecule has 0 aliphatic heterocycles. The summed E-state index contributed by atoms with van der Waals surface area (Å²) in [5.74, 6) is 0. The lowest BCUT2D eigenvalue weighted by Gasteiger charge is -2.16. The Morgan fingerprint density at radius 2 is 2.24 bits per heavy atom. The second-order valence-electron chi connectivity index (χ2n) is 4.90. The topological polar surface area (TPSA) is 79.5 Å². The van der Waals surface area contributed by atoms with Gasteiger partial charge >= 0.3 is 5.69 Å². The number of nitro groups is 1. The van der Waals surface area contributed by atoms with Gasteiger partial charge in [0.25, 0.3) is 0 Å². The minimum Gasteiger partial charge on any atom is -0.388 e. The van der Waals surface area contributed by atoms with Gasteiger partial charge in [0.15, 0.2) is 5.00 Å². The van der Waals surface area contributed by atoms with Gasteiger partial charge in [-0.3, -0.25) is 15.1 Å². The molecule has 0 amide bonds. The summed E-state index contributed by atoms with van der Waals surface area (Å²) < 4.78 is 0. The summed E-state index contributed by atoms with van der Waals surface area (Å²) in [6.45, 7) is 3.98. The first-order valence-electron chi connectivity index (χ1n) is 6.48. The zero-order valence-corrected chi connectivity index (χ0v) is 12.9. The van der Waals surface area contributed by atoms with E-state index in [1.807, 2.05) is 25.1 Å². The molecule has 0 aromatic carbocycles. The van der Waals surface area contributed by atoms with E-state index in [9.17, 15) is 15.2 Å². The first kappa shape index (κ1) is 15.4. The van der Waals surface area contributed by atoms with Gasteiger partial charge in [-0.05, 0) is 26.0 Å². The number of aryl methyl sites for hydroxylation is 1. The van der Waals surface area contributed by atoms with E-state index in [-0.39, 0.29) is 5.69 Å². The normalized spacial score (nSPS) is 12.2. The van der Waals surface area contributed by atoms with Crippen molar-refractivity contribution >= 4 is 22.0 Å². The smallest absolute Gasteiger partial charge is 0.304 e. The number of pyridine rings is 1. The van der Waals surface area contributed by atoms with E-state index in [0.717, 1.165) is 11.4 Å². The van der Waals surface area contributed by atoms with Crippen LogP contribution in [0.1, 0.15) is 29.3 Å². The lowest BCUT2D eigenvalue weighted by Crippen LogP contribution is -2.17. The molecule has 112 valence electrons. The van der Waals surface area contributed by atoms with Gasteiger partial charge in [0, 0.05) is 23.7 Å². The van der Waals surface area contributed by atoms with Gasteiger partial charge in [-0.1, -0.05) is 6.07 Å². The Kier molecular flexibility index (Phi) is 4.54. The molecule has 0 spiro atoms. The zero-order chi connectivity index (χ0) is 15.6. The van der Waals surface area contributed by atoms with Crippen LogP contribution in [0.4, 0.5) is 10.7 Å². The summed E-state index contributed by atoms with van der Waals surface area (Å²) >= 11 is 1.23. The molecule has 0 aliphatic carbocycles. The fraction of sp³-hybridized carbons (Fsp3) is 0.357. The quantitative estimate of drug-likeness (QED) is 0.678. The molecule has 0 radical (unpaired) electrons. The summed E-state index contributed by atoms with van der Waals surface area (Å²) in [5, 5.41) is 21.3. The van der Waals surface area contributed by atoms with Gasteiger partial charge in [-0.25, -0.2) is 0 Å². The lowest BCUT2D eigenvalue weighted by atomic mass is 10.3. The second kappa shape index (κ2) is 6.19. The number of rotatable bonds is 5. The van der Waals surface area contributed by atoms with E-state index in [4.69, 9.17) is 0 Å². The number of aliphatic hydroxyl groups is 1. The predicted octanol–water partition coefficient (Wildman–Crippen LogP) is 3.05.